The molecule has 2 aromatic rings. The summed E-state index contributed by atoms with van der Waals surface area (Å²) in [6, 6.07) is 11.8. The van der Waals surface area contributed by atoms with Gasteiger partial charge in [0.05, 0.1) is 10.7 Å². The van der Waals surface area contributed by atoms with Crippen molar-refractivity contribution in [2.45, 2.75) is 6.92 Å². The minimum atomic E-state index is -0.326. The molecule has 2 rings (SSSR count). The maximum atomic E-state index is 12.2. The molecule has 0 radical (unpaired) electrons. The van der Waals surface area contributed by atoms with Crippen LogP contribution in [0.5, 0.6) is 0 Å². The normalized spacial score (nSPS) is 11.2. The van der Waals surface area contributed by atoms with Gasteiger partial charge in [-0.3, -0.25) is 4.79 Å². The molecule has 0 bridgehead atoms. The monoisotopic (exact) mass is 303 g/mol. The number of oxime groups is 1. The standard InChI is InChI=1S/C15H14ClN3O2/c1-9-5-6-13(12(16)7-9)18-15(20)11-4-2-3-10(8-11)14(17)19-21/h2-8,21H,1H3,(H2,17,19)(H,18,20). The molecule has 108 valence electrons. The second-order valence-electron chi connectivity index (χ2n) is 4.50. The van der Waals surface area contributed by atoms with Crippen molar-refractivity contribution < 1.29 is 10.0 Å². The molecule has 6 heteroatoms. The van der Waals surface area contributed by atoms with Crippen LogP contribution in [0.25, 0.3) is 0 Å². The van der Waals surface area contributed by atoms with Crippen molar-refractivity contribution in [1.29, 1.82) is 0 Å². The molecule has 0 aliphatic carbocycles. The summed E-state index contributed by atoms with van der Waals surface area (Å²) in [5.74, 6) is -0.383. The number of nitrogens with zero attached hydrogens (tertiary/aromatic N) is 1. The number of carbonyl (C=O) groups is 1. The van der Waals surface area contributed by atoms with Gasteiger partial charge >= 0.3 is 0 Å². The summed E-state index contributed by atoms with van der Waals surface area (Å²) in [6.07, 6.45) is 0. The van der Waals surface area contributed by atoms with Crippen molar-refractivity contribution in [2.75, 3.05) is 5.32 Å². The van der Waals surface area contributed by atoms with Gasteiger partial charge in [-0.05, 0) is 36.8 Å². The van der Waals surface area contributed by atoms with E-state index in [9.17, 15) is 4.79 Å². The summed E-state index contributed by atoms with van der Waals surface area (Å²) in [7, 11) is 0. The van der Waals surface area contributed by atoms with Crippen molar-refractivity contribution >= 4 is 29.0 Å². The highest BCUT2D eigenvalue weighted by Crippen LogP contribution is 2.23. The van der Waals surface area contributed by atoms with Gasteiger partial charge in [0.1, 0.15) is 0 Å². The first kappa shape index (κ1) is 14.9. The van der Waals surface area contributed by atoms with E-state index >= 15 is 0 Å². The number of rotatable bonds is 3. The third-order valence-corrected chi connectivity index (χ3v) is 3.21. The largest absolute Gasteiger partial charge is 0.409 e. The summed E-state index contributed by atoms with van der Waals surface area (Å²) >= 11 is 6.08. The Morgan fingerprint density at radius 3 is 2.62 bits per heavy atom. The van der Waals surface area contributed by atoms with Crippen LogP contribution in [0, 0.1) is 6.92 Å². The Labute approximate surface area is 127 Å². The molecule has 0 atom stereocenters. The van der Waals surface area contributed by atoms with Gasteiger partial charge in [0.2, 0.25) is 0 Å². The number of amides is 1. The van der Waals surface area contributed by atoms with Crippen LogP contribution in [0.3, 0.4) is 0 Å². The zero-order chi connectivity index (χ0) is 15.4. The molecule has 5 nitrogen and oxygen atoms in total. The fourth-order valence-corrected chi connectivity index (χ4v) is 2.08. The van der Waals surface area contributed by atoms with Gasteiger partial charge < -0.3 is 16.3 Å². The predicted octanol–water partition coefficient (Wildman–Crippen LogP) is 3.00. The van der Waals surface area contributed by atoms with Crippen molar-refractivity contribution in [3.05, 3.63) is 64.2 Å². The summed E-state index contributed by atoms with van der Waals surface area (Å²) in [5, 5.41) is 14.8. The number of benzene rings is 2. The van der Waals surface area contributed by atoms with E-state index in [-0.39, 0.29) is 11.7 Å². The number of hydrogen-bond acceptors (Lipinski definition) is 3. The van der Waals surface area contributed by atoms with Crippen LogP contribution < -0.4 is 11.1 Å². The number of hydrogen-bond donors (Lipinski definition) is 3. The average Bonchev–Trinajstić information content (AvgIpc) is 2.49. The Hall–Kier alpha value is -2.53. The minimum Gasteiger partial charge on any atom is -0.409 e. The van der Waals surface area contributed by atoms with Gasteiger partial charge in [0.25, 0.3) is 5.91 Å². The Morgan fingerprint density at radius 1 is 1.24 bits per heavy atom. The van der Waals surface area contributed by atoms with Crippen LogP contribution in [0.1, 0.15) is 21.5 Å². The molecule has 0 spiro atoms. The summed E-state index contributed by atoms with van der Waals surface area (Å²) in [5.41, 5.74) is 7.88. The quantitative estimate of drug-likeness (QED) is 0.352. The van der Waals surface area contributed by atoms with Gasteiger partial charge in [-0.2, -0.15) is 0 Å². The first-order valence-corrected chi connectivity index (χ1v) is 6.54. The van der Waals surface area contributed by atoms with Crippen LogP contribution in [0.15, 0.2) is 47.6 Å². The lowest BCUT2D eigenvalue weighted by Gasteiger charge is -2.08. The van der Waals surface area contributed by atoms with Gasteiger partial charge in [-0.1, -0.05) is 35.0 Å². The van der Waals surface area contributed by atoms with Gasteiger partial charge in [-0.25, -0.2) is 0 Å². The van der Waals surface area contributed by atoms with Gasteiger partial charge in [-0.15, -0.1) is 0 Å². The topological polar surface area (TPSA) is 87.7 Å². The molecule has 21 heavy (non-hydrogen) atoms. The molecule has 0 saturated heterocycles. The van der Waals surface area contributed by atoms with Crippen molar-refractivity contribution in [1.82, 2.24) is 0 Å². The average molecular weight is 304 g/mol. The summed E-state index contributed by atoms with van der Waals surface area (Å²) < 4.78 is 0. The van der Waals surface area contributed by atoms with E-state index in [0.717, 1.165) is 5.56 Å². The van der Waals surface area contributed by atoms with Crippen LogP contribution in [0.4, 0.5) is 5.69 Å². The Bertz CT molecular complexity index is 714. The summed E-state index contributed by atoms with van der Waals surface area (Å²) in [4.78, 5) is 12.2. The van der Waals surface area contributed by atoms with E-state index in [4.69, 9.17) is 22.5 Å². The van der Waals surface area contributed by atoms with E-state index in [1.54, 1.807) is 30.3 Å². The lowest BCUT2D eigenvalue weighted by atomic mass is 10.1. The lowest BCUT2D eigenvalue weighted by Crippen LogP contribution is -2.16. The van der Waals surface area contributed by atoms with Crippen LogP contribution >= 0.6 is 11.6 Å². The van der Waals surface area contributed by atoms with Crippen LogP contribution in [0.2, 0.25) is 5.02 Å². The Kier molecular flexibility index (Phi) is 4.45. The SMILES string of the molecule is Cc1ccc(NC(=O)c2cccc(/C(N)=N/O)c2)c(Cl)c1. The van der Waals surface area contributed by atoms with E-state index in [0.29, 0.717) is 21.8 Å². The van der Waals surface area contributed by atoms with Crippen molar-refractivity contribution in [3.8, 4) is 0 Å². The maximum Gasteiger partial charge on any atom is 0.255 e. The molecule has 0 aromatic heterocycles. The third kappa shape index (κ3) is 3.52. The highest BCUT2D eigenvalue weighted by atomic mass is 35.5. The van der Waals surface area contributed by atoms with Crippen molar-refractivity contribution in [2.24, 2.45) is 10.9 Å². The number of carbonyl (C=O) groups excluding carboxylic acids is 1. The second kappa shape index (κ2) is 6.28. The third-order valence-electron chi connectivity index (χ3n) is 2.90. The van der Waals surface area contributed by atoms with E-state index < -0.39 is 0 Å². The lowest BCUT2D eigenvalue weighted by molar-refractivity contribution is 0.102. The molecule has 0 fully saturated rings. The Morgan fingerprint density at radius 2 is 1.95 bits per heavy atom. The molecule has 0 heterocycles. The first-order chi connectivity index (χ1) is 10.0. The molecule has 4 N–H and O–H groups in total. The molecule has 0 unspecified atom stereocenters. The first-order valence-electron chi connectivity index (χ1n) is 6.16. The molecular formula is C15H14ClN3O2. The molecule has 0 aliphatic heterocycles. The highest BCUT2D eigenvalue weighted by molar-refractivity contribution is 6.34. The highest BCUT2D eigenvalue weighted by Gasteiger charge is 2.10. The van der Waals surface area contributed by atoms with Crippen LogP contribution in [-0.2, 0) is 0 Å². The predicted molar refractivity (Wildman–Crippen MR) is 83.1 cm³/mol. The molecule has 0 saturated carbocycles. The number of amidine groups is 1. The zero-order valence-corrected chi connectivity index (χ0v) is 12.1. The maximum absolute atomic E-state index is 12.2. The number of aryl methyl sites for hydroxylation is 1. The molecule has 0 aliphatic rings. The van der Waals surface area contributed by atoms with Crippen molar-refractivity contribution in [3.63, 3.8) is 0 Å². The van der Waals surface area contributed by atoms with E-state index in [1.807, 2.05) is 13.0 Å². The van der Waals surface area contributed by atoms with Crippen LogP contribution in [-0.4, -0.2) is 17.0 Å². The zero-order valence-electron chi connectivity index (χ0n) is 11.3. The molecule has 2 aromatic carbocycles. The van der Waals surface area contributed by atoms with E-state index in [1.165, 1.54) is 6.07 Å². The molecule has 1 amide bonds. The minimum absolute atomic E-state index is 0.0574. The fraction of sp³-hybridized carbons (Fsp3) is 0.0667. The number of nitrogens with two attached hydrogens (primary N) is 1. The number of nitrogens with one attached hydrogen (secondary N) is 1. The number of anilines is 1. The fourth-order valence-electron chi connectivity index (χ4n) is 1.79. The molecular weight excluding hydrogens is 290 g/mol. The van der Waals surface area contributed by atoms with Gasteiger partial charge in [0, 0.05) is 11.1 Å². The Balaban J connectivity index is 2.24. The van der Waals surface area contributed by atoms with Gasteiger partial charge in [0.15, 0.2) is 5.84 Å². The summed E-state index contributed by atoms with van der Waals surface area (Å²) in [6.45, 7) is 1.91. The second-order valence-corrected chi connectivity index (χ2v) is 4.91. The number of halogens is 1. The van der Waals surface area contributed by atoms with E-state index in [2.05, 4.69) is 10.5 Å². The smallest absolute Gasteiger partial charge is 0.255 e.